The van der Waals surface area contributed by atoms with Gasteiger partial charge in [-0.05, 0) is 43.2 Å². The Morgan fingerprint density at radius 3 is 2.68 bits per heavy atom. The van der Waals surface area contributed by atoms with E-state index in [2.05, 4.69) is 10.0 Å². The fourth-order valence-electron chi connectivity index (χ4n) is 2.73. The van der Waals surface area contributed by atoms with E-state index in [1.165, 1.54) is 18.2 Å². The molecular formula is C19H21N3O5S. The van der Waals surface area contributed by atoms with Gasteiger partial charge in [0.05, 0.1) is 10.4 Å². The Morgan fingerprint density at radius 1 is 1.18 bits per heavy atom. The number of aryl methyl sites for hydroxylation is 1. The van der Waals surface area contributed by atoms with E-state index in [1.807, 2.05) is 19.9 Å². The van der Waals surface area contributed by atoms with Crippen molar-refractivity contribution in [3.05, 3.63) is 58.6 Å². The quantitative estimate of drug-likeness (QED) is 0.615. The fourth-order valence-corrected chi connectivity index (χ4v) is 3.80. The summed E-state index contributed by atoms with van der Waals surface area (Å²) in [7, 11) is -3.88. The molecule has 0 saturated heterocycles. The monoisotopic (exact) mass is 403 g/mol. The van der Waals surface area contributed by atoms with Gasteiger partial charge in [-0.3, -0.25) is 4.72 Å². The second-order valence-corrected chi connectivity index (χ2v) is 8.08. The van der Waals surface area contributed by atoms with Crippen molar-refractivity contribution in [3.8, 4) is 0 Å². The molecule has 28 heavy (non-hydrogen) atoms. The van der Waals surface area contributed by atoms with Crippen LogP contribution in [0.1, 0.15) is 25.3 Å². The molecule has 0 spiro atoms. The largest absolute Gasteiger partial charge is 0.428 e. The van der Waals surface area contributed by atoms with Gasteiger partial charge in [0.15, 0.2) is 5.58 Å². The molecule has 0 saturated carbocycles. The predicted octanol–water partition coefficient (Wildman–Crippen LogP) is 3.06. The molecule has 0 unspecified atom stereocenters. The Labute approximate surface area is 162 Å². The van der Waals surface area contributed by atoms with Gasteiger partial charge in [-0.2, -0.15) is 4.57 Å². The Bertz CT molecular complexity index is 1180. The first kappa shape index (κ1) is 19.7. The van der Waals surface area contributed by atoms with Crippen molar-refractivity contribution < 1.29 is 17.6 Å². The molecule has 0 fully saturated rings. The van der Waals surface area contributed by atoms with Crippen LogP contribution in [0.3, 0.4) is 0 Å². The lowest BCUT2D eigenvalue weighted by Gasteiger charge is -2.09. The van der Waals surface area contributed by atoms with E-state index in [0.29, 0.717) is 12.2 Å². The zero-order valence-electron chi connectivity index (χ0n) is 15.6. The molecule has 8 nitrogen and oxygen atoms in total. The molecule has 0 aliphatic carbocycles. The number of hydrogen-bond acceptors (Lipinski definition) is 5. The summed E-state index contributed by atoms with van der Waals surface area (Å²) in [6.07, 6.45) is 1.68. The van der Waals surface area contributed by atoms with E-state index in [9.17, 15) is 18.0 Å². The minimum Gasteiger partial charge on any atom is -0.407 e. The summed E-state index contributed by atoms with van der Waals surface area (Å²) in [6.45, 7) is 4.27. The number of oxazole rings is 1. The van der Waals surface area contributed by atoms with Gasteiger partial charge in [-0.1, -0.05) is 25.5 Å². The van der Waals surface area contributed by atoms with E-state index in [4.69, 9.17) is 4.42 Å². The third-order valence-electron chi connectivity index (χ3n) is 4.14. The highest BCUT2D eigenvalue weighted by atomic mass is 32.2. The van der Waals surface area contributed by atoms with E-state index >= 15 is 0 Å². The Hall–Kier alpha value is -3.07. The summed E-state index contributed by atoms with van der Waals surface area (Å²) in [6, 6.07) is 10.3. The molecule has 0 radical (unpaired) electrons. The van der Waals surface area contributed by atoms with Crippen LogP contribution in [-0.4, -0.2) is 25.6 Å². The highest BCUT2D eigenvalue weighted by Crippen LogP contribution is 2.21. The van der Waals surface area contributed by atoms with Gasteiger partial charge in [-0.25, -0.2) is 18.0 Å². The number of carbonyl (C=O) groups excluding carboxylic acids is 1. The molecular weight excluding hydrogens is 382 g/mol. The van der Waals surface area contributed by atoms with Crippen LogP contribution in [0, 0.1) is 6.92 Å². The predicted molar refractivity (Wildman–Crippen MR) is 106 cm³/mol. The topological polar surface area (TPSA) is 110 Å². The Morgan fingerprint density at radius 2 is 1.96 bits per heavy atom. The first-order chi connectivity index (χ1) is 13.3. The third kappa shape index (κ3) is 4.09. The SMILES string of the molecule is CCCCNC(=O)n1c(=O)oc2cc(S(=O)(=O)Nc3cccc(C)c3)ccc21. The zero-order chi connectivity index (χ0) is 20.3. The maximum absolute atomic E-state index is 12.6. The normalized spacial score (nSPS) is 11.5. The number of fused-ring (bicyclic) bond motifs is 1. The van der Waals surface area contributed by atoms with E-state index in [0.717, 1.165) is 23.0 Å². The maximum Gasteiger partial charge on any atom is 0.428 e. The lowest BCUT2D eigenvalue weighted by Crippen LogP contribution is -2.34. The van der Waals surface area contributed by atoms with Gasteiger partial charge >= 0.3 is 11.8 Å². The number of rotatable bonds is 6. The summed E-state index contributed by atoms with van der Waals surface area (Å²) in [5.74, 6) is -0.870. The van der Waals surface area contributed by atoms with Gasteiger partial charge in [0.1, 0.15) is 0 Å². The number of sulfonamides is 1. The van der Waals surface area contributed by atoms with Gasteiger partial charge in [0.25, 0.3) is 10.0 Å². The molecule has 9 heteroatoms. The number of unbranched alkanes of at least 4 members (excludes halogenated alkanes) is 1. The number of anilines is 1. The lowest BCUT2D eigenvalue weighted by molar-refractivity contribution is 0.241. The number of hydrogen-bond donors (Lipinski definition) is 2. The summed E-state index contributed by atoms with van der Waals surface area (Å²) < 4.78 is 33.7. The van der Waals surface area contributed by atoms with Crippen molar-refractivity contribution in [2.24, 2.45) is 0 Å². The third-order valence-corrected chi connectivity index (χ3v) is 5.52. The molecule has 1 heterocycles. The number of benzene rings is 2. The molecule has 2 N–H and O–H groups in total. The van der Waals surface area contributed by atoms with Crippen molar-refractivity contribution in [3.63, 3.8) is 0 Å². The van der Waals surface area contributed by atoms with Crippen LogP contribution in [0.2, 0.25) is 0 Å². The highest BCUT2D eigenvalue weighted by Gasteiger charge is 2.20. The standard InChI is InChI=1S/C19H21N3O5S/c1-3-4-10-20-18(23)22-16-9-8-15(12-17(16)27-19(22)24)28(25,26)21-14-7-5-6-13(2)11-14/h5-9,11-12,21H,3-4,10H2,1-2H3,(H,20,23). The first-order valence-corrected chi connectivity index (χ1v) is 10.3. The summed E-state index contributed by atoms with van der Waals surface area (Å²) in [5.41, 5.74) is 1.55. The van der Waals surface area contributed by atoms with Crippen molar-refractivity contribution in [1.82, 2.24) is 9.88 Å². The second-order valence-electron chi connectivity index (χ2n) is 6.39. The van der Waals surface area contributed by atoms with E-state index < -0.39 is 21.8 Å². The van der Waals surface area contributed by atoms with Crippen LogP contribution in [0.4, 0.5) is 10.5 Å². The number of aromatic nitrogens is 1. The first-order valence-electron chi connectivity index (χ1n) is 8.85. The smallest absolute Gasteiger partial charge is 0.407 e. The molecule has 1 amide bonds. The van der Waals surface area contributed by atoms with Crippen molar-refractivity contribution in [1.29, 1.82) is 0 Å². The maximum atomic E-state index is 12.6. The molecule has 0 atom stereocenters. The van der Waals surface area contributed by atoms with Crippen LogP contribution >= 0.6 is 0 Å². The Kier molecular flexibility index (Phi) is 5.55. The van der Waals surface area contributed by atoms with E-state index in [-0.39, 0.29) is 16.0 Å². The molecule has 0 aliphatic rings. The van der Waals surface area contributed by atoms with Gasteiger partial charge < -0.3 is 9.73 Å². The lowest BCUT2D eigenvalue weighted by atomic mass is 10.2. The molecule has 2 aromatic carbocycles. The molecule has 148 valence electrons. The van der Waals surface area contributed by atoms with Crippen molar-refractivity contribution in [2.45, 2.75) is 31.6 Å². The van der Waals surface area contributed by atoms with Crippen LogP contribution in [-0.2, 0) is 10.0 Å². The minimum atomic E-state index is -3.88. The van der Waals surface area contributed by atoms with Gasteiger partial charge in [-0.15, -0.1) is 0 Å². The number of nitrogens with zero attached hydrogens (tertiary/aromatic N) is 1. The van der Waals surface area contributed by atoms with Crippen molar-refractivity contribution in [2.75, 3.05) is 11.3 Å². The van der Waals surface area contributed by atoms with Gasteiger partial charge in [0.2, 0.25) is 0 Å². The molecule has 0 bridgehead atoms. The van der Waals surface area contributed by atoms with Crippen LogP contribution < -0.4 is 15.8 Å². The molecule has 3 aromatic rings. The molecule has 3 rings (SSSR count). The number of amides is 1. The average molecular weight is 403 g/mol. The van der Waals surface area contributed by atoms with Crippen LogP contribution in [0.15, 0.2) is 56.6 Å². The number of carbonyl (C=O) groups is 1. The summed E-state index contributed by atoms with van der Waals surface area (Å²) in [5, 5.41) is 2.64. The Balaban J connectivity index is 1.92. The number of nitrogens with one attached hydrogen (secondary N) is 2. The second kappa shape index (κ2) is 7.89. The average Bonchev–Trinajstić information content (AvgIpc) is 2.96. The van der Waals surface area contributed by atoms with Crippen molar-refractivity contribution >= 4 is 32.8 Å². The van der Waals surface area contributed by atoms with Gasteiger partial charge in [0, 0.05) is 18.3 Å². The minimum absolute atomic E-state index is 0.0164. The molecule has 0 aliphatic heterocycles. The van der Waals surface area contributed by atoms with E-state index in [1.54, 1.807) is 18.2 Å². The highest BCUT2D eigenvalue weighted by molar-refractivity contribution is 7.92. The van der Waals surface area contributed by atoms with Crippen LogP contribution in [0.5, 0.6) is 0 Å². The summed E-state index contributed by atoms with van der Waals surface area (Å²) in [4.78, 5) is 24.2. The summed E-state index contributed by atoms with van der Waals surface area (Å²) >= 11 is 0. The molecule has 1 aromatic heterocycles. The fraction of sp³-hybridized carbons (Fsp3) is 0.263. The zero-order valence-corrected chi connectivity index (χ0v) is 16.4. The van der Waals surface area contributed by atoms with Crippen LogP contribution in [0.25, 0.3) is 11.1 Å².